The highest BCUT2D eigenvalue weighted by Gasteiger charge is 2.50. The predicted octanol–water partition coefficient (Wildman–Crippen LogP) is 8.15. The van der Waals surface area contributed by atoms with Gasteiger partial charge >= 0.3 is 5.69 Å². The Kier molecular flexibility index (Phi) is 15.9. The molecule has 0 spiro atoms. The van der Waals surface area contributed by atoms with Gasteiger partial charge in [0.25, 0.3) is 8.53 Å². The molecule has 5 atom stereocenters. The second kappa shape index (κ2) is 20.8. The molecule has 1 aliphatic rings. The minimum absolute atomic E-state index is 0.0206. The number of ether oxygens (including phenoxy) is 4. The van der Waals surface area contributed by atoms with Crippen LogP contribution in [0.4, 0.5) is 5.82 Å². The van der Waals surface area contributed by atoms with Crippen molar-refractivity contribution in [1.82, 2.24) is 14.2 Å². The summed E-state index contributed by atoms with van der Waals surface area (Å²) < 4.78 is 42.2. The standard InChI is InChI=1S/C45H56N5O7P/c1-10-39-42(57-58(55-28-14-26-46)50(32(4)5)33(6)7)40(56-43(39)49-27-25-41(48-44(49)51)47-29-31(2)3)30-54-45(34-15-12-11-13-16-34,35-17-21-37(52-8)22-18-35)36-19-23-38(53-9)24-20-36/h1,11-13,15-25,27,31-33,39-40,42-43H,14,28-30H2,2-9H3,(H,47,48,51)/t39-,40+,42-,43+,58?/m0/s1. The van der Waals surface area contributed by atoms with Gasteiger partial charge in [0.15, 0.2) is 6.23 Å². The van der Waals surface area contributed by atoms with Crippen LogP contribution in [0.5, 0.6) is 11.5 Å². The highest BCUT2D eigenvalue weighted by atomic mass is 31.2. The van der Waals surface area contributed by atoms with Crippen LogP contribution in [0.1, 0.15) is 70.9 Å². The van der Waals surface area contributed by atoms with Gasteiger partial charge in [-0.2, -0.15) is 10.2 Å². The van der Waals surface area contributed by atoms with E-state index in [0.29, 0.717) is 29.8 Å². The van der Waals surface area contributed by atoms with Crippen LogP contribution in [0.25, 0.3) is 0 Å². The number of methoxy groups -OCH3 is 2. The molecule has 308 valence electrons. The third kappa shape index (κ3) is 10.3. The van der Waals surface area contributed by atoms with Crippen molar-refractivity contribution < 1.29 is 28.0 Å². The van der Waals surface area contributed by atoms with Gasteiger partial charge in [-0.1, -0.05) is 74.4 Å². The van der Waals surface area contributed by atoms with Crippen molar-refractivity contribution in [3.63, 3.8) is 0 Å². The minimum Gasteiger partial charge on any atom is -0.497 e. The number of anilines is 1. The molecule has 0 saturated carbocycles. The number of nitrogens with zero attached hydrogens (tertiary/aromatic N) is 4. The Morgan fingerprint density at radius 3 is 2.00 bits per heavy atom. The molecule has 1 aromatic heterocycles. The average Bonchev–Trinajstić information content (AvgIpc) is 3.57. The Bertz CT molecular complexity index is 1970. The molecule has 0 aliphatic carbocycles. The molecule has 13 heteroatoms. The molecular formula is C45H56N5O7P. The smallest absolute Gasteiger partial charge is 0.351 e. The normalized spacial score (nSPS) is 18.7. The van der Waals surface area contributed by atoms with Gasteiger partial charge < -0.3 is 33.3 Å². The van der Waals surface area contributed by atoms with Crippen LogP contribution in [0.15, 0.2) is 95.9 Å². The van der Waals surface area contributed by atoms with Gasteiger partial charge in [-0.15, -0.1) is 6.42 Å². The largest absolute Gasteiger partial charge is 0.497 e. The number of aromatic nitrogens is 2. The third-order valence-corrected chi connectivity index (χ3v) is 12.0. The zero-order valence-electron chi connectivity index (χ0n) is 34.7. The van der Waals surface area contributed by atoms with Crippen molar-refractivity contribution in [3.8, 4) is 29.9 Å². The molecule has 5 rings (SSSR count). The first-order valence-electron chi connectivity index (χ1n) is 19.7. The Morgan fingerprint density at radius 1 is 0.914 bits per heavy atom. The lowest BCUT2D eigenvalue weighted by Gasteiger charge is -2.39. The summed E-state index contributed by atoms with van der Waals surface area (Å²) in [5, 5.41) is 12.6. The fourth-order valence-corrected chi connectivity index (χ4v) is 8.89. The maximum absolute atomic E-state index is 13.7. The van der Waals surface area contributed by atoms with Crippen LogP contribution in [-0.4, -0.2) is 72.5 Å². The number of hydrogen-bond acceptors (Lipinski definition) is 11. The second-order valence-corrected chi connectivity index (χ2v) is 16.4. The van der Waals surface area contributed by atoms with E-state index in [-0.39, 0.29) is 31.7 Å². The summed E-state index contributed by atoms with van der Waals surface area (Å²) >= 11 is 0. The van der Waals surface area contributed by atoms with E-state index in [1.807, 2.05) is 78.9 Å². The van der Waals surface area contributed by atoms with Gasteiger partial charge in [0.1, 0.15) is 35.1 Å². The molecule has 4 aromatic rings. The number of hydrogen-bond donors (Lipinski definition) is 1. The lowest BCUT2D eigenvalue weighted by Crippen LogP contribution is -2.41. The van der Waals surface area contributed by atoms with Crippen LogP contribution in [-0.2, 0) is 24.1 Å². The molecule has 1 unspecified atom stereocenters. The SMILES string of the molecule is C#C[C@H]1[C@H](OP(OCCC#N)N(C(C)C)C(C)C)[C@@H](COC(c2ccccc2)(c2ccc(OC)cc2)c2ccc(OC)cc2)O[C@H]1n1ccc(NCC(C)C)nc1=O. The van der Waals surface area contributed by atoms with Crippen LogP contribution < -0.4 is 20.5 Å². The second-order valence-electron chi connectivity index (χ2n) is 15.0. The van der Waals surface area contributed by atoms with Crippen molar-refractivity contribution in [2.45, 2.75) is 84.1 Å². The monoisotopic (exact) mass is 809 g/mol. The summed E-state index contributed by atoms with van der Waals surface area (Å²) in [5.41, 5.74) is 0.845. The highest BCUT2D eigenvalue weighted by Crippen LogP contribution is 2.52. The Balaban J connectivity index is 1.64. The molecule has 1 fully saturated rings. The topological polar surface area (TPSA) is 129 Å². The fourth-order valence-electron chi connectivity index (χ4n) is 7.11. The van der Waals surface area contributed by atoms with Gasteiger partial charge in [0, 0.05) is 24.8 Å². The molecule has 3 aromatic carbocycles. The molecule has 0 radical (unpaired) electrons. The minimum atomic E-state index is -1.77. The quantitative estimate of drug-likeness (QED) is 0.0402. The van der Waals surface area contributed by atoms with Crippen LogP contribution in [0, 0.1) is 35.5 Å². The van der Waals surface area contributed by atoms with E-state index in [2.05, 4.69) is 68.5 Å². The molecule has 58 heavy (non-hydrogen) atoms. The van der Waals surface area contributed by atoms with Crippen molar-refractivity contribution in [2.75, 3.05) is 39.3 Å². The van der Waals surface area contributed by atoms with Gasteiger partial charge in [0.2, 0.25) is 0 Å². The fraction of sp³-hybridized carbons (Fsp3) is 0.444. The van der Waals surface area contributed by atoms with E-state index >= 15 is 0 Å². The molecule has 2 heterocycles. The van der Waals surface area contributed by atoms with E-state index in [4.69, 9.17) is 34.4 Å². The molecular weight excluding hydrogens is 753 g/mol. The van der Waals surface area contributed by atoms with Crippen molar-refractivity contribution in [1.29, 1.82) is 5.26 Å². The first-order chi connectivity index (χ1) is 28.0. The summed E-state index contributed by atoms with van der Waals surface area (Å²) in [7, 11) is 1.49. The third-order valence-electron chi connectivity index (χ3n) is 9.84. The Labute approximate surface area is 344 Å². The van der Waals surface area contributed by atoms with Gasteiger partial charge in [-0.3, -0.25) is 4.57 Å². The maximum Gasteiger partial charge on any atom is 0.351 e. The number of benzene rings is 3. The molecule has 1 aliphatic heterocycles. The highest BCUT2D eigenvalue weighted by molar-refractivity contribution is 7.44. The summed E-state index contributed by atoms with van der Waals surface area (Å²) in [6.07, 6.45) is 5.64. The number of rotatable bonds is 20. The van der Waals surface area contributed by atoms with Crippen LogP contribution in [0.2, 0.25) is 0 Å². The van der Waals surface area contributed by atoms with E-state index in [0.717, 1.165) is 16.7 Å². The lowest BCUT2D eigenvalue weighted by molar-refractivity contribution is -0.0929. The first kappa shape index (κ1) is 44.3. The van der Waals surface area contributed by atoms with Crippen LogP contribution in [0.3, 0.4) is 0 Å². The Hall–Kier alpha value is -4.78. The maximum atomic E-state index is 13.7. The summed E-state index contributed by atoms with van der Waals surface area (Å²) in [5.74, 6) is 4.35. The summed E-state index contributed by atoms with van der Waals surface area (Å²) in [6, 6.07) is 29.5. The van der Waals surface area contributed by atoms with Gasteiger partial charge in [0.05, 0.1) is 45.8 Å². The van der Waals surface area contributed by atoms with E-state index < -0.39 is 44.2 Å². The lowest BCUT2D eigenvalue weighted by atomic mass is 9.80. The molecule has 12 nitrogen and oxygen atoms in total. The van der Waals surface area contributed by atoms with E-state index in [1.165, 1.54) is 4.57 Å². The number of nitrogens with one attached hydrogen (secondary N) is 1. The van der Waals surface area contributed by atoms with Crippen molar-refractivity contribution >= 4 is 14.3 Å². The molecule has 0 amide bonds. The zero-order chi connectivity index (χ0) is 41.8. The van der Waals surface area contributed by atoms with E-state index in [9.17, 15) is 10.1 Å². The number of nitriles is 1. The molecule has 0 bridgehead atoms. The zero-order valence-corrected chi connectivity index (χ0v) is 35.6. The van der Waals surface area contributed by atoms with Crippen molar-refractivity contribution in [3.05, 3.63) is 118 Å². The van der Waals surface area contributed by atoms with Gasteiger partial charge in [-0.25, -0.2) is 9.46 Å². The summed E-state index contributed by atoms with van der Waals surface area (Å²) in [6.45, 7) is 13.2. The van der Waals surface area contributed by atoms with Crippen molar-refractivity contribution in [2.24, 2.45) is 11.8 Å². The predicted molar refractivity (Wildman–Crippen MR) is 226 cm³/mol. The van der Waals surface area contributed by atoms with Crippen LogP contribution >= 0.6 is 8.53 Å². The Morgan fingerprint density at radius 2 is 1.50 bits per heavy atom. The first-order valence-corrected chi connectivity index (χ1v) is 20.8. The molecule has 1 saturated heterocycles. The molecule has 1 N–H and O–H groups in total. The summed E-state index contributed by atoms with van der Waals surface area (Å²) in [4.78, 5) is 18.0. The average molecular weight is 810 g/mol. The van der Waals surface area contributed by atoms with E-state index in [1.54, 1.807) is 26.5 Å². The van der Waals surface area contributed by atoms with Gasteiger partial charge in [-0.05, 0) is 80.6 Å². The number of terminal acetylenes is 1.